The summed E-state index contributed by atoms with van der Waals surface area (Å²) in [7, 11) is 1.37. The number of aromatic nitrogens is 2. The molecule has 33 heavy (non-hydrogen) atoms. The molecule has 11 heteroatoms. The van der Waals surface area contributed by atoms with E-state index in [1.54, 1.807) is 6.92 Å². The lowest BCUT2D eigenvalue weighted by atomic mass is 10.1. The lowest BCUT2D eigenvalue weighted by Gasteiger charge is -2.32. The molecular formula is C22H18F4N4O3. The van der Waals surface area contributed by atoms with Crippen LogP contribution in [-0.4, -0.2) is 35.2 Å². The van der Waals surface area contributed by atoms with Gasteiger partial charge in [0.2, 0.25) is 0 Å². The molecule has 2 aromatic carbocycles. The molecule has 4 rings (SSSR count). The van der Waals surface area contributed by atoms with Gasteiger partial charge in [0.05, 0.1) is 36.2 Å². The van der Waals surface area contributed by atoms with Crippen molar-refractivity contribution in [2.75, 3.05) is 23.9 Å². The van der Waals surface area contributed by atoms with Crippen LogP contribution in [0.25, 0.3) is 0 Å². The van der Waals surface area contributed by atoms with E-state index in [-0.39, 0.29) is 41.0 Å². The molecule has 0 bridgehead atoms. The fourth-order valence-corrected chi connectivity index (χ4v) is 3.60. The quantitative estimate of drug-likeness (QED) is 0.579. The summed E-state index contributed by atoms with van der Waals surface area (Å²) in [6.07, 6.45) is -3.22. The van der Waals surface area contributed by atoms with Crippen molar-refractivity contribution in [3.8, 4) is 5.75 Å². The minimum Gasteiger partial charge on any atom is -0.497 e. The van der Waals surface area contributed by atoms with Crippen molar-refractivity contribution in [1.29, 1.82) is 0 Å². The van der Waals surface area contributed by atoms with Gasteiger partial charge in [0, 0.05) is 12.2 Å². The summed E-state index contributed by atoms with van der Waals surface area (Å²) in [5.74, 6) is -1.88. The van der Waals surface area contributed by atoms with E-state index in [4.69, 9.17) is 4.74 Å². The summed E-state index contributed by atoms with van der Waals surface area (Å²) in [4.78, 5) is 27.2. The van der Waals surface area contributed by atoms with E-state index in [9.17, 15) is 27.2 Å². The van der Waals surface area contributed by atoms with Crippen molar-refractivity contribution in [1.82, 2.24) is 9.78 Å². The van der Waals surface area contributed by atoms with Gasteiger partial charge in [0.25, 0.3) is 11.8 Å². The number of halogens is 4. The number of nitrogens with zero attached hydrogens (tertiary/aromatic N) is 3. The van der Waals surface area contributed by atoms with E-state index in [0.29, 0.717) is 0 Å². The third-order valence-electron chi connectivity index (χ3n) is 5.28. The largest absolute Gasteiger partial charge is 0.497 e. The molecule has 0 fully saturated rings. The summed E-state index contributed by atoms with van der Waals surface area (Å²) < 4.78 is 59.2. The SMILES string of the molecule is COc1ccc(F)c(C(=O)Nc2cnn3c2C(=O)N(c2ccc(C(F)(F)F)cc2)C[C@@H]3C)c1. The Hall–Kier alpha value is -3.89. The Labute approximate surface area is 185 Å². The number of methoxy groups -OCH3 is 1. The lowest BCUT2D eigenvalue weighted by molar-refractivity contribution is -0.137. The predicted octanol–water partition coefficient (Wildman–Crippen LogP) is 4.52. The Balaban J connectivity index is 1.64. The number of nitrogens with one attached hydrogen (secondary N) is 1. The number of ether oxygens (including phenoxy) is 1. The van der Waals surface area contributed by atoms with Crippen LogP contribution in [0.3, 0.4) is 0 Å². The summed E-state index contributed by atoms with van der Waals surface area (Å²) in [5, 5.41) is 6.65. The highest BCUT2D eigenvalue weighted by atomic mass is 19.4. The number of amides is 2. The normalized spacial score (nSPS) is 15.9. The Morgan fingerprint density at radius 2 is 1.88 bits per heavy atom. The third kappa shape index (κ3) is 4.13. The number of alkyl halides is 3. The first-order valence-electron chi connectivity index (χ1n) is 9.81. The molecule has 2 heterocycles. The number of fused-ring (bicyclic) bond motifs is 1. The van der Waals surface area contributed by atoms with E-state index >= 15 is 0 Å². The molecule has 0 aliphatic carbocycles. The number of anilines is 2. The fourth-order valence-electron chi connectivity index (χ4n) is 3.60. The second-order valence-corrected chi connectivity index (χ2v) is 7.46. The first-order chi connectivity index (χ1) is 15.6. The van der Waals surface area contributed by atoms with Gasteiger partial charge in [-0.3, -0.25) is 14.3 Å². The summed E-state index contributed by atoms with van der Waals surface area (Å²) in [6.45, 7) is 1.93. The van der Waals surface area contributed by atoms with Crippen LogP contribution in [0.4, 0.5) is 28.9 Å². The van der Waals surface area contributed by atoms with Crippen LogP contribution in [-0.2, 0) is 6.18 Å². The van der Waals surface area contributed by atoms with Crippen molar-refractivity contribution < 1.29 is 31.9 Å². The number of benzene rings is 2. The highest BCUT2D eigenvalue weighted by Crippen LogP contribution is 2.33. The van der Waals surface area contributed by atoms with Gasteiger partial charge in [-0.1, -0.05) is 0 Å². The molecule has 172 valence electrons. The van der Waals surface area contributed by atoms with Gasteiger partial charge >= 0.3 is 6.18 Å². The number of carbonyl (C=O) groups excluding carboxylic acids is 2. The topological polar surface area (TPSA) is 76.5 Å². The minimum absolute atomic E-state index is 0.0327. The van der Waals surface area contributed by atoms with Gasteiger partial charge in [-0.25, -0.2) is 4.39 Å². The fraction of sp³-hybridized carbons (Fsp3) is 0.227. The molecule has 1 aromatic heterocycles. The van der Waals surface area contributed by atoms with Gasteiger partial charge in [-0.15, -0.1) is 0 Å². The first-order valence-corrected chi connectivity index (χ1v) is 9.81. The van der Waals surface area contributed by atoms with Gasteiger partial charge in [0.1, 0.15) is 11.6 Å². The van der Waals surface area contributed by atoms with Crippen LogP contribution in [0, 0.1) is 5.82 Å². The molecule has 1 N–H and O–H groups in total. The van der Waals surface area contributed by atoms with Gasteiger partial charge < -0.3 is 15.0 Å². The molecule has 1 aliphatic heterocycles. The zero-order valence-corrected chi connectivity index (χ0v) is 17.5. The zero-order valence-electron chi connectivity index (χ0n) is 17.5. The Kier molecular flexibility index (Phi) is 5.56. The molecule has 0 saturated heterocycles. The first kappa shape index (κ1) is 22.3. The number of carbonyl (C=O) groups is 2. The van der Waals surface area contributed by atoms with Crippen molar-refractivity contribution in [2.24, 2.45) is 0 Å². The Morgan fingerprint density at radius 1 is 1.18 bits per heavy atom. The summed E-state index contributed by atoms with van der Waals surface area (Å²) in [5.41, 5.74) is -0.767. The van der Waals surface area contributed by atoms with Crippen LogP contribution < -0.4 is 15.0 Å². The van der Waals surface area contributed by atoms with E-state index in [2.05, 4.69) is 10.4 Å². The maximum atomic E-state index is 14.2. The zero-order chi connectivity index (χ0) is 23.9. The second kappa shape index (κ2) is 8.23. The van der Waals surface area contributed by atoms with Crippen molar-refractivity contribution in [2.45, 2.75) is 19.1 Å². The predicted molar refractivity (Wildman–Crippen MR) is 111 cm³/mol. The smallest absolute Gasteiger partial charge is 0.416 e. The maximum Gasteiger partial charge on any atom is 0.416 e. The van der Waals surface area contributed by atoms with E-state index in [0.717, 1.165) is 18.2 Å². The molecule has 0 unspecified atom stereocenters. The molecule has 1 atom stereocenters. The lowest BCUT2D eigenvalue weighted by Crippen LogP contribution is -2.43. The molecule has 0 saturated carbocycles. The highest BCUT2D eigenvalue weighted by Gasteiger charge is 2.35. The molecule has 2 amide bonds. The van der Waals surface area contributed by atoms with Crippen LogP contribution in [0.5, 0.6) is 5.75 Å². The van der Waals surface area contributed by atoms with Gasteiger partial charge in [0.15, 0.2) is 5.69 Å². The van der Waals surface area contributed by atoms with Crippen LogP contribution in [0.2, 0.25) is 0 Å². The Bertz CT molecular complexity index is 1220. The monoisotopic (exact) mass is 462 g/mol. The highest BCUT2D eigenvalue weighted by molar-refractivity contribution is 6.13. The second-order valence-electron chi connectivity index (χ2n) is 7.46. The molecule has 3 aromatic rings. The van der Waals surface area contributed by atoms with Gasteiger partial charge in [-0.05, 0) is 49.4 Å². The number of hydrogen-bond donors (Lipinski definition) is 1. The van der Waals surface area contributed by atoms with Crippen LogP contribution >= 0.6 is 0 Å². The van der Waals surface area contributed by atoms with Crippen molar-refractivity contribution >= 4 is 23.2 Å². The maximum absolute atomic E-state index is 14.2. The number of rotatable bonds is 4. The van der Waals surface area contributed by atoms with Crippen LogP contribution in [0.15, 0.2) is 48.7 Å². The Morgan fingerprint density at radius 3 is 2.52 bits per heavy atom. The molecular weight excluding hydrogens is 444 g/mol. The molecule has 0 radical (unpaired) electrons. The average Bonchev–Trinajstić information content (AvgIpc) is 3.20. The summed E-state index contributed by atoms with van der Waals surface area (Å²) >= 11 is 0. The standard InChI is InChI=1S/C22H18F4N4O3/c1-12-11-29(14-5-3-13(4-6-14)22(24,25)26)21(32)19-18(10-27-30(12)19)28-20(31)16-9-15(33-2)7-8-17(16)23/h3-10,12H,11H2,1-2H3,(H,28,31)/t12-/m0/s1. The van der Waals surface area contributed by atoms with Gasteiger partial charge in [-0.2, -0.15) is 18.3 Å². The van der Waals surface area contributed by atoms with Crippen molar-refractivity contribution in [3.05, 3.63) is 71.3 Å². The molecule has 1 aliphatic rings. The number of hydrogen-bond acceptors (Lipinski definition) is 4. The van der Waals surface area contributed by atoms with E-state index in [1.165, 1.54) is 47.2 Å². The van der Waals surface area contributed by atoms with Crippen molar-refractivity contribution in [3.63, 3.8) is 0 Å². The minimum atomic E-state index is -4.50. The molecule has 7 nitrogen and oxygen atoms in total. The third-order valence-corrected chi connectivity index (χ3v) is 5.28. The molecule has 0 spiro atoms. The van der Waals surface area contributed by atoms with E-state index in [1.807, 2.05) is 0 Å². The van der Waals surface area contributed by atoms with E-state index < -0.39 is 29.4 Å². The summed E-state index contributed by atoms with van der Waals surface area (Å²) in [6, 6.07) is 7.55. The van der Waals surface area contributed by atoms with Crippen LogP contribution in [0.1, 0.15) is 39.4 Å². The average molecular weight is 462 g/mol.